The Kier molecular flexibility index (Phi) is 4.86. The van der Waals surface area contributed by atoms with Crippen LogP contribution in [0.2, 0.25) is 0 Å². The van der Waals surface area contributed by atoms with Crippen LogP contribution in [0.15, 0.2) is 23.2 Å². The molecule has 28 heavy (non-hydrogen) atoms. The summed E-state index contributed by atoms with van der Waals surface area (Å²) in [6, 6.07) is 5.29. The Labute approximate surface area is 169 Å². The summed E-state index contributed by atoms with van der Waals surface area (Å²) in [5.74, 6) is 1.26. The normalized spacial score (nSPS) is 27.1. The van der Waals surface area contributed by atoms with Gasteiger partial charge in [-0.2, -0.15) is 4.99 Å². The molecule has 4 rings (SSSR count). The Morgan fingerprint density at radius 2 is 1.93 bits per heavy atom. The van der Waals surface area contributed by atoms with Crippen LogP contribution < -0.4 is 14.4 Å². The van der Waals surface area contributed by atoms with E-state index in [2.05, 4.69) is 4.99 Å². The molecule has 7 nitrogen and oxygen atoms in total. The molecule has 9 heteroatoms. The zero-order valence-corrected chi connectivity index (χ0v) is 17.8. The molecule has 0 spiro atoms. The molecular formula is C19H24N2O5S2. The van der Waals surface area contributed by atoms with Crippen LogP contribution in [0.4, 0.5) is 5.69 Å². The lowest BCUT2D eigenvalue weighted by Gasteiger charge is -2.27. The minimum Gasteiger partial charge on any atom is -0.486 e. The highest BCUT2D eigenvalue weighted by Crippen LogP contribution is 2.43. The standard InChI is InChI=1S/C19H24N2O5S2/c1-19(2,3)9-17(22)20-18-21(13-10-28(23,24)11-16(13)27-18)12-4-5-14-15(8-12)26-7-6-25-14/h4-5,8,13,16H,6-7,9-11H2,1-3H3/t13-,16-/m0/s1. The molecule has 1 aromatic rings. The molecule has 3 heterocycles. The molecule has 0 unspecified atom stereocenters. The minimum atomic E-state index is -3.10. The maximum Gasteiger partial charge on any atom is 0.248 e. The summed E-state index contributed by atoms with van der Waals surface area (Å²) in [4.78, 5) is 18.7. The molecule has 1 aromatic carbocycles. The molecule has 2 saturated heterocycles. The minimum absolute atomic E-state index is 0.0611. The average molecular weight is 425 g/mol. The number of benzene rings is 1. The molecule has 3 aliphatic heterocycles. The molecule has 2 atom stereocenters. The third-order valence-electron chi connectivity index (χ3n) is 4.77. The number of aliphatic imine (C=N–C) groups is 1. The number of nitrogens with zero attached hydrogens (tertiary/aromatic N) is 2. The number of amides is 1. The Morgan fingerprint density at radius 3 is 2.64 bits per heavy atom. The number of amidine groups is 1. The van der Waals surface area contributed by atoms with Crippen LogP contribution in [0.25, 0.3) is 0 Å². The molecular weight excluding hydrogens is 400 g/mol. The van der Waals surface area contributed by atoms with Gasteiger partial charge in [-0.1, -0.05) is 32.5 Å². The van der Waals surface area contributed by atoms with Gasteiger partial charge in [-0.05, 0) is 17.5 Å². The summed E-state index contributed by atoms with van der Waals surface area (Å²) >= 11 is 1.38. The van der Waals surface area contributed by atoms with Crippen molar-refractivity contribution in [3.8, 4) is 11.5 Å². The Hall–Kier alpha value is -1.74. The first-order valence-corrected chi connectivity index (χ1v) is 12.0. The van der Waals surface area contributed by atoms with E-state index in [1.165, 1.54) is 11.8 Å². The Balaban J connectivity index is 1.70. The van der Waals surface area contributed by atoms with E-state index in [0.717, 1.165) is 5.69 Å². The molecule has 0 bridgehead atoms. The number of anilines is 1. The fourth-order valence-corrected chi connectivity index (χ4v) is 7.58. The number of fused-ring (bicyclic) bond motifs is 2. The lowest BCUT2D eigenvalue weighted by molar-refractivity contribution is -0.119. The lowest BCUT2D eigenvalue weighted by atomic mass is 9.92. The van der Waals surface area contributed by atoms with Gasteiger partial charge in [0.2, 0.25) is 5.91 Å². The van der Waals surface area contributed by atoms with E-state index in [4.69, 9.17) is 9.47 Å². The van der Waals surface area contributed by atoms with Crippen molar-refractivity contribution >= 4 is 38.4 Å². The summed E-state index contributed by atoms with van der Waals surface area (Å²) in [7, 11) is -3.10. The highest BCUT2D eigenvalue weighted by molar-refractivity contribution is 8.16. The van der Waals surface area contributed by atoms with Crippen LogP contribution in [0, 0.1) is 5.41 Å². The Morgan fingerprint density at radius 1 is 1.21 bits per heavy atom. The van der Waals surface area contributed by atoms with E-state index in [0.29, 0.717) is 36.3 Å². The van der Waals surface area contributed by atoms with Crippen molar-refractivity contribution in [2.45, 2.75) is 38.5 Å². The molecule has 152 valence electrons. The third kappa shape index (κ3) is 4.00. The first-order chi connectivity index (χ1) is 13.1. The number of rotatable bonds is 2. The van der Waals surface area contributed by atoms with Crippen molar-refractivity contribution in [2.75, 3.05) is 29.6 Å². The molecule has 3 aliphatic rings. The largest absolute Gasteiger partial charge is 0.486 e. The highest BCUT2D eigenvalue weighted by atomic mass is 32.2. The van der Waals surface area contributed by atoms with Crippen molar-refractivity contribution in [3.05, 3.63) is 18.2 Å². The van der Waals surface area contributed by atoms with Crippen LogP contribution in [-0.2, 0) is 14.6 Å². The van der Waals surface area contributed by atoms with Gasteiger partial charge in [-0.3, -0.25) is 4.79 Å². The molecule has 0 N–H and O–H groups in total. The summed E-state index contributed by atoms with van der Waals surface area (Å²) in [5.41, 5.74) is 0.606. The smallest absolute Gasteiger partial charge is 0.248 e. The van der Waals surface area contributed by atoms with Gasteiger partial charge in [-0.15, -0.1) is 0 Å². The average Bonchev–Trinajstić information content (AvgIpc) is 3.03. The molecule has 0 saturated carbocycles. The number of ether oxygens (including phenoxy) is 2. The van der Waals surface area contributed by atoms with Gasteiger partial charge in [0.25, 0.3) is 0 Å². The van der Waals surface area contributed by atoms with Gasteiger partial charge < -0.3 is 14.4 Å². The van der Waals surface area contributed by atoms with Gasteiger partial charge in [0, 0.05) is 23.4 Å². The number of hydrogen-bond donors (Lipinski definition) is 0. The summed E-state index contributed by atoms with van der Waals surface area (Å²) in [6.45, 7) is 6.95. The number of thioether (sulfide) groups is 1. The summed E-state index contributed by atoms with van der Waals surface area (Å²) < 4.78 is 35.6. The van der Waals surface area contributed by atoms with Crippen molar-refractivity contribution in [1.29, 1.82) is 0 Å². The molecule has 0 aromatic heterocycles. The van der Waals surface area contributed by atoms with Gasteiger partial charge in [-0.25, -0.2) is 8.42 Å². The van der Waals surface area contributed by atoms with Crippen LogP contribution in [0.1, 0.15) is 27.2 Å². The van der Waals surface area contributed by atoms with Crippen LogP contribution in [0.5, 0.6) is 11.5 Å². The number of carbonyl (C=O) groups excluding carboxylic acids is 1. The predicted molar refractivity (Wildman–Crippen MR) is 110 cm³/mol. The highest BCUT2D eigenvalue weighted by Gasteiger charge is 2.49. The second-order valence-corrected chi connectivity index (χ2v) is 11.9. The predicted octanol–water partition coefficient (Wildman–Crippen LogP) is 2.50. The van der Waals surface area contributed by atoms with E-state index >= 15 is 0 Å². The van der Waals surface area contributed by atoms with Crippen molar-refractivity contribution < 1.29 is 22.7 Å². The number of hydrogen-bond acceptors (Lipinski definition) is 6. The van der Waals surface area contributed by atoms with Crippen molar-refractivity contribution in [3.63, 3.8) is 0 Å². The van der Waals surface area contributed by atoms with E-state index < -0.39 is 9.84 Å². The Bertz CT molecular complexity index is 936. The zero-order chi connectivity index (χ0) is 20.1. The second-order valence-electron chi connectivity index (χ2n) is 8.52. The number of sulfone groups is 1. The van der Waals surface area contributed by atoms with E-state index in [-0.39, 0.29) is 34.1 Å². The fourth-order valence-electron chi connectivity index (χ4n) is 3.65. The molecule has 1 amide bonds. The van der Waals surface area contributed by atoms with E-state index in [9.17, 15) is 13.2 Å². The van der Waals surface area contributed by atoms with E-state index in [1.54, 1.807) is 0 Å². The maximum atomic E-state index is 12.5. The lowest BCUT2D eigenvalue weighted by Crippen LogP contribution is -2.37. The van der Waals surface area contributed by atoms with Gasteiger partial charge >= 0.3 is 0 Å². The monoisotopic (exact) mass is 424 g/mol. The fraction of sp³-hybridized carbons (Fsp3) is 0.579. The summed E-state index contributed by atoms with van der Waals surface area (Å²) in [5, 5.41) is 0.440. The third-order valence-corrected chi connectivity index (χ3v) is 7.98. The van der Waals surface area contributed by atoms with Gasteiger partial charge in [0.1, 0.15) is 13.2 Å². The van der Waals surface area contributed by atoms with Crippen molar-refractivity contribution in [1.82, 2.24) is 0 Å². The van der Waals surface area contributed by atoms with E-state index in [1.807, 2.05) is 43.9 Å². The van der Waals surface area contributed by atoms with Crippen molar-refractivity contribution in [2.24, 2.45) is 10.4 Å². The number of carbonyl (C=O) groups is 1. The van der Waals surface area contributed by atoms with Crippen LogP contribution in [-0.4, -0.2) is 55.5 Å². The van der Waals surface area contributed by atoms with Crippen LogP contribution in [0.3, 0.4) is 0 Å². The van der Waals surface area contributed by atoms with Crippen LogP contribution >= 0.6 is 11.8 Å². The first-order valence-electron chi connectivity index (χ1n) is 9.29. The molecule has 0 aliphatic carbocycles. The molecule has 2 fully saturated rings. The topological polar surface area (TPSA) is 85.3 Å². The quantitative estimate of drug-likeness (QED) is 0.721. The first kappa shape index (κ1) is 19.6. The second kappa shape index (κ2) is 6.95. The van der Waals surface area contributed by atoms with Gasteiger partial charge in [0.15, 0.2) is 26.5 Å². The zero-order valence-electron chi connectivity index (χ0n) is 16.2. The molecule has 0 radical (unpaired) electrons. The maximum absolute atomic E-state index is 12.5. The SMILES string of the molecule is CC(C)(C)CC(=O)N=C1S[C@H]2CS(=O)(=O)C[C@@H]2N1c1ccc2c(c1)OCCO2. The summed E-state index contributed by atoms with van der Waals surface area (Å²) in [6.07, 6.45) is 0.333. The van der Waals surface area contributed by atoms with Gasteiger partial charge in [0.05, 0.1) is 17.5 Å².